The smallest absolute Gasteiger partial charge is 0.308 e. The van der Waals surface area contributed by atoms with E-state index in [0.29, 0.717) is 37.1 Å². The van der Waals surface area contributed by atoms with Crippen LogP contribution in [0.2, 0.25) is 0 Å². The van der Waals surface area contributed by atoms with Crippen molar-refractivity contribution in [2.75, 3.05) is 13.1 Å². The second-order valence-electron chi connectivity index (χ2n) is 7.20. The lowest BCUT2D eigenvalue weighted by Gasteiger charge is -2.37. The minimum absolute atomic E-state index is 0.251. The van der Waals surface area contributed by atoms with E-state index in [4.69, 9.17) is 0 Å². The van der Waals surface area contributed by atoms with E-state index in [9.17, 15) is 24.3 Å². The van der Waals surface area contributed by atoms with Crippen molar-refractivity contribution < 1.29 is 24.3 Å². The molecule has 7 nitrogen and oxygen atoms in total. The predicted molar refractivity (Wildman–Crippen MR) is 97.6 cm³/mol. The molecule has 0 spiro atoms. The Morgan fingerprint density at radius 2 is 1.89 bits per heavy atom. The van der Waals surface area contributed by atoms with E-state index in [1.807, 2.05) is 6.92 Å². The minimum Gasteiger partial charge on any atom is -0.481 e. The first-order chi connectivity index (χ1) is 12.9. The van der Waals surface area contributed by atoms with Gasteiger partial charge in [0.2, 0.25) is 0 Å². The standard InChI is InChI=1S/C20H24N2O5/c1-3-4-9-22-18(24)15-8-7-13(11-16(15)19(22)25)17(23)21-10-5-6-14(12(21)2)20(26)27/h7-8,11-12,14H,3-6,9-10H2,1-2H3,(H,26,27)/t12-,14-/m0/s1. The van der Waals surface area contributed by atoms with E-state index in [0.717, 1.165) is 12.8 Å². The molecule has 0 bridgehead atoms. The number of aliphatic carboxylic acids is 1. The maximum absolute atomic E-state index is 12.9. The van der Waals surface area contributed by atoms with Crippen LogP contribution in [0.15, 0.2) is 18.2 Å². The van der Waals surface area contributed by atoms with Crippen LogP contribution in [0.25, 0.3) is 0 Å². The molecule has 3 rings (SSSR count). The highest BCUT2D eigenvalue weighted by atomic mass is 16.4. The van der Waals surface area contributed by atoms with Crippen molar-refractivity contribution in [1.82, 2.24) is 9.80 Å². The van der Waals surface area contributed by atoms with Gasteiger partial charge in [0.15, 0.2) is 0 Å². The second-order valence-corrected chi connectivity index (χ2v) is 7.20. The van der Waals surface area contributed by atoms with Crippen LogP contribution in [0.4, 0.5) is 0 Å². The molecule has 3 amide bonds. The van der Waals surface area contributed by atoms with Crippen LogP contribution in [-0.4, -0.2) is 57.7 Å². The topological polar surface area (TPSA) is 95.0 Å². The molecule has 2 atom stereocenters. The van der Waals surface area contributed by atoms with Gasteiger partial charge in [-0.05, 0) is 44.4 Å². The van der Waals surface area contributed by atoms with Crippen LogP contribution in [0.5, 0.6) is 0 Å². The van der Waals surface area contributed by atoms with Crippen molar-refractivity contribution in [3.8, 4) is 0 Å². The number of carboxylic acids is 1. The molecule has 7 heteroatoms. The largest absolute Gasteiger partial charge is 0.481 e. The lowest BCUT2D eigenvalue weighted by atomic mass is 9.89. The SMILES string of the molecule is CCCCN1C(=O)c2ccc(C(=O)N3CCC[C@H](C(=O)O)[C@@H]3C)cc2C1=O. The number of hydrogen-bond acceptors (Lipinski definition) is 4. The van der Waals surface area contributed by atoms with Crippen molar-refractivity contribution in [2.24, 2.45) is 5.92 Å². The number of fused-ring (bicyclic) bond motifs is 1. The average Bonchev–Trinajstić information content (AvgIpc) is 2.89. The molecule has 0 unspecified atom stereocenters. The molecule has 0 aromatic heterocycles. The number of amides is 3. The lowest BCUT2D eigenvalue weighted by Crippen LogP contribution is -2.49. The van der Waals surface area contributed by atoms with E-state index in [1.165, 1.54) is 17.0 Å². The first-order valence-corrected chi connectivity index (χ1v) is 9.40. The van der Waals surface area contributed by atoms with Crippen molar-refractivity contribution in [1.29, 1.82) is 0 Å². The van der Waals surface area contributed by atoms with Gasteiger partial charge in [0, 0.05) is 24.7 Å². The number of hydrogen-bond donors (Lipinski definition) is 1. The van der Waals surface area contributed by atoms with Gasteiger partial charge in [-0.2, -0.15) is 0 Å². The molecule has 2 heterocycles. The van der Waals surface area contributed by atoms with Gasteiger partial charge in [0.25, 0.3) is 17.7 Å². The summed E-state index contributed by atoms with van der Waals surface area (Å²) in [6, 6.07) is 4.13. The van der Waals surface area contributed by atoms with Gasteiger partial charge in [-0.1, -0.05) is 13.3 Å². The van der Waals surface area contributed by atoms with E-state index in [-0.39, 0.29) is 23.3 Å². The monoisotopic (exact) mass is 372 g/mol. The fourth-order valence-corrected chi connectivity index (χ4v) is 3.87. The maximum atomic E-state index is 12.9. The number of likely N-dealkylation sites (tertiary alicyclic amines) is 1. The number of piperidine rings is 1. The molecular formula is C20H24N2O5. The Hall–Kier alpha value is -2.70. The summed E-state index contributed by atoms with van der Waals surface area (Å²) >= 11 is 0. The molecule has 27 heavy (non-hydrogen) atoms. The number of benzene rings is 1. The normalized spacial score (nSPS) is 22.1. The Balaban J connectivity index is 1.85. The minimum atomic E-state index is -0.902. The highest BCUT2D eigenvalue weighted by Gasteiger charge is 2.38. The zero-order chi connectivity index (χ0) is 19.7. The number of carbonyl (C=O) groups is 4. The van der Waals surface area contributed by atoms with Crippen LogP contribution in [-0.2, 0) is 4.79 Å². The van der Waals surface area contributed by atoms with Gasteiger partial charge in [0.1, 0.15) is 0 Å². The van der Waals surface area contributed by atoms with Gasteiger partial charge in [-0.25, -0.2) is 0 Å². The summed E-state index contributed by atoms with van der Waals surface area (Å²) < 4.78 is 0. The van der Waals surface area contributed by atoms with Crippen LogP contribution < -0.4 is 0 Å². The summed E-state index contributed by atoms with van der Waals surface area (Å²) in [6.45, 7) is 4.58. The molecule has 0 radical (unpaired) electrons. The van der Waals surface area contributed by atoms with Crippen molar-refractivity contribution in [3.05, 3.63) is 34.9 Å². The van der Waals surface area contributed by atoms with Crippen molar-refractivity contribution in [2.45, 2.75) is 45.6 Å². The number of rotatable bonds is 5. The highest BCUT2D eigenvalue weighted by Crippen LogP contribution is 2.28. The fraction of sp³-hybridized carbons (Fsp3) is 0.500. The van der Waals surface area contributed by atoms with E-state index < -0.39 is 17.9 Å². The third-order valence-corrected chi connectivity index (χ3v) is 5.52. The first-order valence-electron chi connectivity index (χ1n) is 9.40. The number of carbonyl (C=O) groups excluding carboxylic acids is 3. The molecular weight excluding hydrogens is 348 g/mol. The Labute approximate surface area is 157 Å². The fourth-order valence-electron chi connectivity index (χ4n) is 3.87. The summed E-state index contributed by atoms with van der Waals surface area (Å²) in [5.74, 6) is -2.48. The highest BCUT2D eigenvalue weighted by molar-refractivity contribution is 6.22. The molecule has 0 aliphatic carbocycles. The average molecular weight is 372 g/mol. The molecule has 1 fully saturated rings. The number of nitrogens with zero attached hydrogens (tertiary/aromatic N) is 2. The lowest BCUT2D eigenvalue weighted by molar-refractivity contribution is -0.145. The Morgan fingerprint density at radius 3 is 2.56 bits per heavy atom. The van der Waals surface area contributed by atoms with Gasteiger partial charge in [-0.3, -0.25) is 24.1 Å². The number of unbranched alkanes of at least 4 members (excludes halogenated alkanes) is 1. The molecule has 1 aromatic carbocycles. The Bertz CT molecular complexity index is 804. The summed E-state index contributed by atoms with van der Waals surface area (Å²) in [4.78, 5) is 52.1. The molecule has 1 N–H and O–H groups in total. The molecule has 2 aliphatic heterocycles. The molecule has 0 saturated carbocycles. The Kier molecular flexibility index (Phi) is 5.30. The maximum Gasteiger partial charge on any atom is 0.308 e. The second kappa shape index (κ2) is 7.50. The van der Waals surface area contributed by atoms with Crippen LogP contribution in [0.3, 0.4) is 0 Å². The van der Waals surface area contributed by atoms with Gasteiger partial charge < -0.3 is 10.0 Å². The van der Waals surface area contributed by atoms with E-state index >= 15 is 0 Å². The van der Waals surface area contributed by atoms with E-state index in [1.54, 1.807) is 17.9 Å². The van der Waals surface area contributed by atoms with Crippen LogP contribution in [0.1, 0.15) is 70.6 Å². The quantitative estimate of drug-likeness (QED) is 0.801. The Morgan fingerprint density at radius 1 is 1.19 bits per heavy atom. The molecule has 2 aliphatic rings. The van der Waals surface area contributed by atoms with Gasteiger partial charge in [-0.15, -0.1) is 0 Å². The van der Waals surface area contributed by atoms with Crippen LogP contribution in [0, 0.1) is 5.92 Å². The van der Waals surface area contributed by atoms with E-state index in [2.05, 4.69) is 0 Å². The van der Waals surface area contributed by atoms with Crippen molar-refractivity contribution in [3.63, 3.8) is 0 Å². The summed E-state index contributed by atoms with van der Waals surface area (Å²) in [5.41, 5.74) is 0.884. The van der Waals surface area contributed by atoms with Crippen molar-refractivity contribution >= 4 is 23.7 Å². The summed E-state index contributed by atoms with van der Waals surface area (Å²) in [5, 5.41) is 9.34. The molecule has 144 valence electrons. The van der Waals surface area contributed by atoms with Crippen LogP contribution >= 0.6 is 0 Å². The zero-order valence-corrected chi connectivity index (χ0v) is 15.6. The molecule has 1 saturated heterocycles. The third kappa shape index (κ3) is 3.34. The van der Waals surface area contributed by atoms with Gasteiger partial charge in [0.05, 0.1) is 17.0 Å². The number of imide groups is 1. The first kappa shape index (κ1) is 19.1. The number of carboxylic acid groups (broad SMARTS) is 1. The third-order valence-electron chi connectivity index (χ3n) is 5.52. The zero-order valence-electron chi connectivity index (χ0n) is 15.6. The molecule has 1 aromatic rings. The van der Waals surface area contributed by atoms with Gasteiger partial charge >= 0.3 is 5.97 Å². The summed E-state index contributed by atoms with van der Waals surface area (Å²) in [6.07, 6.45) is 2.78. The summed E-state index contributed by atoms with van der Waals surface area (Å²) in [7, 11) is 0. The predicted octanol–water partition coefficient (Wildman–Crippen LogP) is 2.41.